The molecule has 0 radical (unpaired) electrons. The van der Waals surface area contributed by atoms with Crippen LogP contribution in [0.1, 0.15) is 28.1 Å². The van der Waals surface area contributed by atoms with Crippen molar-refractivity contribution in [3.63, 3.8) is 0 Å². The lowest BCUT2D eigenvalue weighted by atomic mass is 10.1. The van der Waals surface area contributed by atoms with Gasteiger partial charge in [0.05, 0.1) is 14.2 Å². The first-order valence-corrected chi connectivity index (χ1v) is 10.3. The summed E-state index contributed by atoms with van der Waals surface area (Å²) < 4.78 is 10.7. The van der Waals surface area contributed by atoms with Gasteiger partial charge in [-0.2, -0.15) is 15.0 Å². The smallest absolute Gasteiger partial charge is 0.232 e. The molecule has 0 aliphatic rings. The number of benzene rings is 2. The molecule has 7 nitrogen and oxygen atoms in total. The molecule has 1 heterocycles. The highest BCUT2D eigenvalue weighted by Crippen LogP contribution is 2.28. The molecule has 0 aliphatic carbocycles. The van der Waals surface area contributed by atoms with E-state index in [4.69, 9.17) is 9.47 Å². The van der Waals surface area contributed by atoms with Gasteiger partial charge in [-0.3, -0.25) is 0 Å². The third-order valence-electron chi connectivity index (χ3n) is 5.17. The van der Waals surface area contributed by atoms with Crippen molar-refractivity contribution in [2.45, 2.75) is 34.1 Å². The van der Waals surface area contributed by atoms with Crippen molar-refractivity contribution in [1.29, 1.82) is 0 Å². The second-order valence-electron chi connectivity index (χ2n) is 7.77. The number of methoxy groups -OCH3 is 2. The Labute approximate surface area is 184 Å². The standard InChI is InChI=1S/C24H31N5O2/c1-15-12-16(2)22(17(3)13-15)27-23-25-18(4)26-24(28-23)29(5)11-10-19-8-9-20(30-6)21(14-19)31-7/h8-9,12-14H,10-11H2,1-7H3,(H,25,26,27,28). The third kappa shape index (κ3) is 5.42. The maximum atomic E-state index is 5.40. The highest BCUT2D eigenvalue weighted by Gasteiger charge is 2.12. The number of aryl methyl sites for hydroxylation is 4. The van der Waals surface area contributed by atoms with E-state index in [9.17, 15) is 0 Å². The summed E-state index contributed by atoms with van der Waals surface area (Å²) >= 11 is 0. The van der Waals surface area contributed by atoms with Crippen LogP contribution in [0.2, 0.25) is 0 Å². The van der Waals surface area contributed by atoms with E-state index < -0.39 is 0 Å². The van der Waals surface area contributed by atoms with Gasteiger partial charge in [-0.15, -0.1) is 0 Å². The Morgan fingerprint density at radius 2 is 1.55 bits per heavy atom. The number of likely N-dealkylation sites (N-methyl/N-ethyl adjacent to an activating group) is 1. The molecule has 0 amide bonds. The van der Waals surface area contributed by atoms with Gasteiger partial charge in [0.1, 0.15) is 5.82 Å². The second-order valence-corrected chi connectivity index (χ2v) is 7.77. The van der Waals surface area contributed by atoms with Crippen LogP contribution < -0.4 is 19.7 Å². The predicted octanol–water partition coefficient (Wildman–Crippen LogP) is 4.54. The molecule has 0 fully saturated rings. The van der Waals surface area contributed by atoms with Gasteiger partial charge >= 0.3 is 0 Å². The highest BCUT2D eigenvalue weighted by molar-refractivity contribution is 5.64. The fourth-order valence-electron chi connectivity index (χ4n) is 3.62. The molecule has 0 unspecified atom stereocenters. The van der Waals surface area contributed by atoms with Crippen LogP contribution in [0.5, 0.6) is 11.5 Å². The summed E-state index contributed by atoms with van der Waals surface area (Å²) in [5.41, 5.74) is 5.76. The molecule has 0 aliphatic heterocycles. The molecular formula is C24H31N5O2. The summed E-state index contributed by atoms with van der Waals surface area (Å²) in [4.78, 5) is 15.7. The van der Waals surface area contributed by atoms with E-state index in [1.165, 1.54) is 16.7 Å². The highest BCUT2D eigenvalue weighted by atomic mass is 16.5. The Kier molecular flexibility index (Phi) is 6.95. The minimum atomic E-state index is 0.551. The van der Waals surface area contributed by atoms with E-state index >= 15 is 0 Å². The summed E-state index contributed by atoms with van der Waals surface area (Å²) in [6.45, 7) is 8.91. The van der Waals surface area contributed by atoms with Crippen molar-refractivity contribution >= 4 is 17.6 Å². The topological polar surface area (TPSA) is 72.4 Å². The SMILES string of the molecule is COc1ccc(CCN(C)c2nc(C)nc(Nc3c(C)cc(C)cc3C)n2)cc1OC. The van der Waals surface area contributed by atoms with Crippen molar-refractivity contribution in [3.05, 3.63) is 58.4 Å². The van der Waals surface area contributed by atoms with Crippen LogP contribution in [0.15, 0.2) is 30.3 Å². The van der Waals surface area contributed by atoms with Gasteiger partial charge < -0.3 is 19.7 Å². The molecule has 164 valence electrons. The molecule has 0 atom stereocenters. The van der Waals surface area contributed by atoms with Crippen LogP contribution in [0.4, 0.5) is 17.6 Å². The van der Waals surface area contributed by atoms with Gasteiger partial charge in [0, 0.05) is 19.3 Å². The average Bonchev–Trinajstić information content (AvgIpc) is 2.73. The number of hydrogen-bond donors (Lipinski definition) is 1. The summed E-state index contributed by atoms with van der Waals surface area (Å²) in [6.07, 6.45) is 0.820. The van der Waals surface area contributed by atoms with Crippen LogP contribution in [0, 0.1) is 27.7 Å². The molecule has 0 saturated carbocycles. The van der Waals surface area contributed by atoms with E-state index in [1.807, 2.05) is 37.1 Å². The Hall–Kier alpha value is -3.35. The minimum absolute atomic E-state index is 0.551. The maximum absolute atomic E-state index is 5.40. The van der Waals surface area contributed by atoms with Crippen LogP contribution in [-0.4, -0.2) is 42.8 Å². The monoisotopic (exact) mass is 421 g/mol. The molecule has 0 spiro atoms. The van der Waals surface area contributed by atoms with Gasteiger partial charge in [-0.25, -0.2) is 0 Å². The first-order chi connectivity index (χ1) is 14.8. The van der Waals surface area contributed by atoms with Crippen molar-refractivity contribution in [2.75, 3.05) is 38.0 Å². The fraction of sp³-hybridized carbons (Fsp3) is 0.375. The zero-order chi connectivity index (χ0) is 22.5. The van der Waals surface area contributed by atoms with E-state index in [0.717, 1.165) is 35.7 Å². The minimum Gasteiger partial charge on any atom is -0.493 e. The number of nitrogens with one attached hydrogen (secondary N) is 1. The van der Waals surface area contributed by atoms with Gasteiger partial charge in [0.25, 0.3) is 0 Å². The fourth-order valence-corrected chi connectivity index (χ4v) is 3.62. The van der Waals surface area contributed by atoms with Crippen molar-refractivity contribution in [2.24, 2.45) is 0 Å². The predicted molar refractivity (Wildman–Crippen MR) is 125 cm³/mol. The zero-order valence-electron chi connectivity index (χ0n) is 19.4. The summed E-state index contributed by atoms with van der Waals surface area (Å²) in [7, 11) is 5.27. The van der Waals surface area contributed by atoms with Gasteiger partial charge in [-0.05, 0) is 62.9 Å². The molecule has 3 rings (SSSR count). The number of rotatable bonds is 8. The molecule has 3 aromatic rings. The first-order valence-electron chi connectivity index (χ1n) is 10.3. The van der Waals surface area contributed by atoms with Crippen LogP contribution in [-0.2, 0) is 6.42 Å². The number of anilines is 3. The second kappa shape index (κ2) is 9.64. The largest absolute Gasteiger partial charge is 0.493 e. The average molecular weight is 422 g/mol. The Balaban J connectivity index is 1.75. The molecule has 1 aromatic heterocycles. The van der Waals surface area contributed by atoms with Crippen molar-refractivity contribution < 1.29 is 9.47 Å². The molecule has 2 aromatic carbocycles. The molecular weight excluding hydrogens is 390 g/mol. The van der Waals surface area contributed by atoms with Crippen LogP contribution in [0.3, 0.4) is 0 Å². The Morgan fingerprint density at radius 1 is 0.871 bits per heavy atom. The number of ether oxygens (including phenoxy) is 2. The molecule has 1 N–H and O–H groups in total. The molecule has 7 heteroatoms. The quantitative estimate of drug-likeness (QED) is 0.572. The summed E-state index contributed by atoms with van der Waals surface area (Å²) in [6, 6.07) is 10.3. The molecule has 0 saturated heterocycles. The third-order valence-corrected chi connectivity index (χ3v) is 5.17. The van der Waals surface area contributed by atoms with E-state index in [0.29, 0.717) is 17.7 Å². The van der Waals surface area contributed by atoms with Crippen LogP contribution in [0.25, 0.3) is 0 Å². The van der Waals surface area contributed by atoms with Gasteiger partial charge in [0.15, 0.2) is 11.5 Å². The van der Waals surface area contributed by atoms with Gasteiger partial charge in [0.2, 0.25) is 11.9 Å². The zero-order valence-corrected chi connectivity index (χ0v) is 19.4. The number of aromatic nitrogens is 3. The number of hydrogen-bond acceptors (Lipinski definition) is 7. The molecule has 0 bridgehead atoms. The lowest BCUT2D eigenvalue weighted by molar-refractivity contribution is 0.354. The maximum Gasteiger partial charge on any atom is 0.232 e. The van der Waals surface area contributed by atoms with Crippen molar-refractivity contribution in [3.8, 4) is 11.5 Å². The summed E-state index contributed by atoms with van der Waals surface area (Å²) in [5, 5.41) is 3.39. The normalized spacial score (nSPS) is 10.7. The lowest BCUT2D eigenvalue weighted by Crippen LogP contribution is -2.23. The van der Waals surface area contributed by atoms with Gasteiger partial charge in [-0.1, -0.05) is 23.8 Å². The van der Waals surface area contributed by atoms with E-state index in [-0.39, 0.29) is 0 Å². The van der Waals surface area contributed by atoms with E-state index in [1.54, 1.807) is 14.2 Å². The molecule has 31 heavy (non-hydrogen) atoms. The Bertz CT molecular complexity index is 1040. The number of nitrogens with zero attached hydrogens (tertiary/aromatic N) is 4. The van der Waals surface area contributed by atoms with E-state index in [2.05, 4.69) is 53.2 Å². The van der Waals surface area contributed by atoms with Crippen molar-refractivity contribution in [1.82, 2.24) is 15.0 Å². The Morgan fingerprint density at radius 3 is 2.19 bits per heavy atom. The first kappa shape index (κ1) is 22.3. The van der Waals surface area contributed by atoms with Crippen LogP contribution >= 0.6 is 0 Å². The summed E-state index contributed by atoms with van der Waals surface area (Å²) in [5.74, 6) is 3.32. The lowest BCUT2D eigenvalue weighted by Gasteiger charge is -2.19.